The molecule has 3 heterocycles. The fraction of sp³-hybridized carbons (Fsp3) is 0.227. The molecule has 0 bridgehead atoms. The molecule has 146 valence electrons. The van der Waals surface area contributed by atoms with Gasteiger partial charge in [0.15, 0.2) is 17.2 Å². The van der Waals surface area contributed by atoms with E-state index in [-0.39, 0.29) is 11.8 Å². The molecule has 0 saturated carbocycles. The van der Waals surface area contributed by atoms with Gasteiger partial charge < -0.3 is 9.32 Å². The lowest BCUT2D eigenvalue weighted by Gasteiger charge is -2.30. The van der Waals surface area contributed by atoms with E-state index < -0.39 is 0 Å². The van der Waals surface area contributed by atoms with Crippen LogP contribution >= 0.6 is 11.6 Å². The Balaban J connectivity index is 1.27. The lowest BCUT2D eigenvalue weighted by Crippen LogP contribution is -2.38. The highest BCUT2D eigenvalue weighted by molar-refractivity contribution is 6.32. The van der Waals surface area contributed by atoms with Crippen molar-refractivity contribution in [2.24, 2.45) is 0 Å². The van der Waals surface area contributed by atoms with Gasteiger partial charge in [-0.15, -0.1) is 0 Å². The molecule has 1 aliphatic rings. The predicted octanol–water partition coefficient (Wildman–Crippen LogP) is 4.69. The van der Waals surface area contributed by atoms with Crippen LogP contribution in [0.25, 0.3) is 16.8 Å². The van der Waals surface area contributed by atoms with Gasteiger partial charge in [-0.3, -0.25) is 4.79 Å². The fourth-order valence-electron chi connectivity index (χ4n) is 3.77. The van der Waals surface area contributed by atoms with E-state index in [1.807, 2.05) is 47.4 Å². The second kappa shape index (κ2) is 7.37. The number of nitrogens with zero attached hydrogens (tertiary/aromatic N) is 4. The summed E-state index contributed by atoms with van der Waals surface area (Å²) in [4.78, 5) is 19.3. The second-order valence-corrected chi connectivity index (χ2v) is 7.59. The number of carbonyl (C=O) groups excluding carboxylic acids is 1. The van der Waals surface area contributed by atoms with Crippen molar-refractivity contribution in [3.8, 4) is 5.69 Å². The van der Waals surface area contributed by atoms with Crippen molar-refractivity contribution in [2.75, 3.05) is 13.1 Å². The number of hydrogen-bond donors (Lipinski definition) is 0. The van der Waals surface area contributed by atoms with Gasteiger partial charge in [-0.2, -0.15) is 5.10 Å². The summed E-state index contributed by atoms with van der Waals surface area (Å²) < 4.78 is 7.55. The number of amides is 1. The summed E-state index contributed by atoms with van der Waals surface area (Å²) in [7, 11) is 0. The van der Waals surface area contributed by atoms with Gasteiger partial charge in [0.1, 0.15) is 5.52 Å². The monoisotopic (exact) mass is 406 g/mol. The molecule has 0 aliphatic carbocycles. The molecule has 4 aromatic rings. The Morgan fingerprint density at radius 1 is 1.03 bits per heavy atom. The molecule has 5 rings (SSSR count). The summed E-state index contributed by atoms with van der Waals surface area (Å²) in [5.74, 6) is 0.931. The molecule has 2 aromatic heterocycles. The highest BCUT2D eigenvalue weighted by Gasteiger charge is 2.28. The van der Waals surface area contributed by atoms with Crippen molar-refractivity contribution in [3.63, 3.8) is 0 Å². The van der Waals surface area contributed by atoms with Gasteiger partial charge in [0.05, 0.1) is 10.7 Å². The van der Waals surface area contributed by atoms with Gasteiger partial charge in [-0.1, -0.05) is 35.9 Å². The van der Waals surface area contributed by atoms with E-state index in [0.29, 0.717) is 23.8 Å². The number of piperidine rings is 1. The van der Waals surface area contributed by atoms with Crippen LogP contribution in [-0.2, 0) is 0 Å². The second-order valence-electron chi connectivity index (χ2n) is 7.18. The van der Waals surface area contributed by atoms with E-state index in [4.69, 9.17) is 16.0 Å². The zero-order valence-corrected chi connectivity index (χ0v) is 16.4. The summed E-state index contributed by atoms with van der Waals surface area (Å²) >= 11 is 6.23. The number of para-hydroxylation sites is 3. The number of fused-ring (bicyclic) bond motifs is 1. The van der Waals surface area contributed by atoms with Crippen LogP contribution in [0.15, 0.2) is 65.2 Å². The number of benzene rings is 2. The van der Waals surface area contributed by atoms with E-state index in [1.54, 1.807) is 23.0 Å². The quantitative estimate of drug-likeness (QED) is 0.495. The van der Waals surface area contributed by atoms with Gasteiger partial charge in [0, 0.05) is 25.2 Å². The van der Waals surface area contributed by atoms with Crippen LogP contribution in [0.2, 0.25) is 5.02 Å². The first kappa shape index (κ1) is 17.9. The van der Waals surface area contributed by atoms with E-state index in [2.05, 4.69) is 10.1 Å². The highest BCUT2D eigenvalue weighted by atomic mass is 35.5. The third-order valence-electron chi connectivity index (χ3n) is 5.35. The van der Waals surface area contributed by atoms with Crippen LogP contribution < -0.4 is 0 Å². The van der Waals surface area contributed by atoms with Crippen LogP contribution in [0.4, 0.5) is 0 Å². The van der Waals surface area contributed by atoms with Gasteiger partial charge in [0.25, 0.3) is 5.91 Å². The predicted molar refractivity (Wildman–Crippen MR) is 110 cm³/mol. The Bertz CT molecular complexity index is 1140. The van der Waals surface area contributed by atoms with Crippen LogP contribution in [0, 0.1) is 0 Å². The molecule has 2 aromatic carbocycles. The lowest BCUT2D eigenvalue weighted by molar-refractivity contribution is 0.0700. The first-order valence-corrected chi connectivity index (χ1v) is 10.0. The Morgan fingerprint density at radius 2 is 1.79 bits per heavy atom. The van der Waals surface area contributed by atoms with Crippen LogP contribution in [0.3, 0.4) is 0 Å². The van der Waals surface area contributed by atoms with E-state index in [0.717, 1.165) is 35.5 Å². The molecule has 0 radical (unpaired) electrons. The fourth-order valence-corrected chi connectivity index (χ4v) is 3.99. The summed E-state index contributed by atoms with van der Waals surface area (Å²) in [6, 6.07) is 16.9. The summed E-state index contributed by atoms with van der Waals surface area (Å²) in [6.45, 7) is 1.31. The average Bonchev–Trinajstić information content (AvgIpc) is 3.41. The van der Waals surface area contributed by atoms with Crippen LogP contribution in [-0.4, -0.2) is 38.7 Å². The third kappa shape index (κ3) is 3.40. The molecule has 0 spiro atoms. The number of likely N-dealkylation sites (tertiary alicyclic amines) is 1. The maximum atomic E-state index is 12.9. The van der Waals surface area contributed by atoms with Gasteiger partial charge in [-0.25, -0.2) is 9.67 Å². The molecule has 0 unspecified atom stereocenters. The molecule has 0 atom stereocenters. The average molecular weight is 407 g/mol. The SMILES string of the molecule is O=C(c1ccn(-c2ccccc2Cl)n1)N1CCC(c2nc3ccccc3o2)CC1. The number of aromatic nitrogens is 3. The first-order valence-electron chi connectivity index (χ1n) is 9.64. The zero-order chi connectivity index (χ0) is 19.8. The van der Waals surface area contributed by atoms with Crippen molar-refractivity contribution in [2.45, 2.75) is 18.8 Å². The number of rotatable bonds is 3. The van der Waals surface area contributed by atoms with Gasteiger partial charge >= 0.3 is 0 Å². The number of halogens is 1. The smallest absolute Gasteiger partial charge is 0.274 e. The van der Waals surface area contributed by atoms with E-state index in [9.17, 15) is 4.79 Å². The number of carbonyl (C=O) groups is 1. The minimum absolute atomic E-state index is 0.0631. The van der Waals surface area contributed by atoms with Crippen LogP contribution in [0.1, 0.15) is 35.1 Å². The van der Waals surface area contributed by atoms with Crippen molar-refractivity contribution in [1.82, 2.24) is 19.7 Å². The Labute approximate surface area is 172 Å². The summed E-state index contributed by atoms with van der Waals surface area (Å²) in [5, 5.41) is 5.02. The molecule has 1 amide bonds. The Kier molecular flexibility index (Phi) is 4.56. The minimum Gasteiger partial charge on any atom is -0.440 e. The molecule has 0 N–H and O–H groups in total. The third-order valence-corrected chi connectivity index (χ3v) is 5.67. The zero-order valence-electron chi connectivity index (χ0n) is 15.7. The molecule has 6 nitrogen and oxygen atoms in total. The van der Waals surface area contributed by atoms with Crippen molar-refractivity contribution in [3.05, 3.63) is 77.4 Å². The largest absolute Gasteiger partial charge is 0.440 e. The van der Waals surface area contributed by atoms with Crippen molar-refractivity contribution in [1.29, 1.82) is 0 Å². The summed E-state index contributed by atoms with van der Waals surface area (Å²) in [6.07, 6.45) is 3.41. The van der Waals surface area contributed by atoms with Crippen molar-refractivity contribution < 1.29 is 9.21 Å². The standard InChI is InChI=1S/C22H19ClN4O2/c23-16-5-1-3-7-19(16)27-14-11-18(25-27)22(28)26-12-9-15(10-13-26)21-24-17-6-2-4-8-20(17)29-21/h1-8,11,14-15H,9-10,12-13H2. The van der Waals surface area contributed by atoms with Gasteiger partial charge in [-0.05, 0) is 43.2 Å². The molecule has 29 heavy (non-hydrogen) atoms. The molecule has 1 aliphatic heterocycles. The normalized spacial score (nSPS) is 15.1. The maximum absolute atomic E-state index is 12.9. The lowest BCUT2D eigenvalue weighted by atomic mass is 9.96. The minimum atomic E-state index is -0.0631. The molecule has 1 saturated heterocycles. The van der Waals surface area contributed by atoms with Crippen molar-refractivity contribution >= 4 is 28.6 Å². The topological polar surface area (TPSA) is 64.2 Å². The molecule has 1 fully saturated rings. The van der Waals surface area contributed by atoms with Gasteiger partial charge in [0.2, 0.25) is 0 Å². The molecular weight excluding hydrogens is 388 g/mol. The van der Waals surface area contributed by atoms with Crippen LogP contribution in [0.5, 0.6) is 0 Å². The maximum Gasteiger partial charge on any atom is 0.274 e. The highest BCUT2D eigenvalue weighted by Crippen LogP contribution is 2.30. The number of oxazole rings is 1. The molecular formula is C22H19ClN4O2. The van der Waals surface area contributed by atoms with E-state index in [1.165, 1.54) is 0 Å². The Hall–Kier alpha value is -3.12. The Morgan fingerprint density at radius 3 is 2.59 bits per heavy atom. The number of hydrogen-bond acceptors (Lipinski definition) is 4. The summed E-state index contributed by atoms with van der Waals surface area (Å²) in [5.41, 5.74) is 2.87. The molecule has 7 heteroatoms. The first-order chi connectivity index (χ1) is 14.2. The van der Waals surface area contributed by atoms with E-state index >= 15 is 0 Å².